The molecule has 2 N–H and O–H groups in total. The van der Waals surface area contributed by atoms with Crippen LogP contribution in [0.25, 0.3) is 0 Å². The quantitative estimate of drug-likeness (QED) is 0.819. The second-order valence-corrected chi connectivity index (χ2v) is 3.87. The fourth-order valence-corrected chi connectivity index (χ4v) is 1.59. The maximum Gasteiger partial charge on any atom is 0.274 e. The Kier molecular flexibility index (Phi) is 3.22. The van der Waals surface area contributed by atoms with E-state index in [1.807, 2.05) is 0 Å². The predicted octanol–water partition coefficient (Wildman–Crippen LogP) is 0.407. The first-order valence-electron chi connectivity index (χ1n) is 5.38. The van der Waals surface area contributed by atoms with Crippen LogP contribution in [-0.2, 0) is 7.05 Å². The van der Waals surface area contributed by atoms with Gasteiger partial charge in [0.05, 0.1) is 6.04 Å². The molecule has 1 atom stereocenters. The van der Waals surface area contributed by atoms with Crippen LogP contribution >= 0.6 is 0 Å². The summed E-state index contributed by atoms with van der Waals surface area (Å²) >= 11 is 0. The molecule has 1 unspecified atom stereocenters. The van der Waals surface area contributed by atoms with Gasteiger partial charge in [-0.15, -0.1) is 10.2 Å². The molecule has 0 aromatic carbocycles. The number of hydrogen-bond donors (Lipinski definition) is 2. The number of carbonyl (C=O) groups is 1. The number of nitrogens with zero attached hydrogens (tertiary/aromatic N) is 4. The van der Waals surface area contributed by atoms with E-state index < -0.39 is 5.91 Å². The Morgan fingerprint density at radius 3 is 2.94 bits per heavy atom. The molecule has 2 heterocycles. The molecule has 0 aliphatic carbocycles. The number of rotatable bonds is 3. The Morgan fingerprint density at radius 1 is 1.56 bits per heavy atom. The van der Waals surface area contributed by atoms with Gasteiger partial charge in [0, 0.05) is 13.2 Å². The van der Waals surface area contributed by atoms with Gasteiger partial charge in [-0.25, -0.2) is 4.98 Å². The second kappa shape index (κ2) is 4.82. The average Bonchev–Trinajstić information content (AvgIpc) is 2.76. The van der Waals surface area contributed by atoms with Gasteiger partial charge in [0.1, 0.15) is 12.1 Å². The molecule has 0 aliphatic rings. The summed E-state index contributed by atoms with van der Waals surface area (Å²) in [6.07, 6.45) is 3.00. The zero-order valence-electron chi connectivity index (χ0n) is 10.0. The van der Waals surface area contributed by atoms with Crippen LogP contribution in [0.5, 0.6) is 5.75 Å². The molecule has 2 aromatic heterocycles. The van der Waals surface area contributed by atoms with Crippen molar-refractivity contribution in [3.63, 3.8) is 0 Å². The standard InChI is InChI=1S/C11H13N5O2/c1-7(10-15-13-6-16(10)2)14-11(18)9-8(17)4-3-5-12-9/h3-7,17H,1-2H3,(H,14,18). The van der Waals surface area contributed by atoms with Crippen molar-refractivity contribution in [2.75, 3.05) is 0 Å². The summed E-state index contributed by atoms with van der Waals surface area (Å²) in [6, 6.07) is 2.64. The van der Waals surface area contributed by atoms with E-state index in [1.165, 1.54) is 12.3 Å². The highest BCUT2D eigenvalue weighted by atomic mass is 16.3. The Labute approximate surface area is 104 Å². The number of aromatic nitrogens is 4. The van der Waals surface area contributed by atoms with E-state index in [0.717, 1.165) is 0 Å². The number of nitrogens with one attached hydrogen (secondary N) is 1. The number of carbonyl (C=O) groups excluding carboxylic acids is 1. The zero-order valence-corrected chi connectivity index (χ0v) is 10.0. The average molecular weight is 247 g/mol. The molecule has 0 bridgehead atoms. The van der Waals surface area contributed by atoms with Gasteiger partial charge in [0.15, 0.2) is 11.5 Å². The molecule has 7 nitrogen and oxygen atoms in total. The third-order valence-electron chi connectivity index (χ3n) is 2.48. The minimum absolute atomic E-state index is 0.00785. The van der Waals surface area contributed by atoms with E-state index >= 15 is 0 Å². The SMILES string of the molecule is CC(NC(=O)c1ncccc1O)c1nncn1C. The predicted molar refractivity (Wildman–Crippen MR) is 62.8 cm³/mol. The van der Waals surface area contributed by atoms with E-state index in [0.29, 0.717) is 5.82 Å². The number of amides is 1. The van der Waals surface area contributed by atoms with Crippen LogP contribution in [0.3, 0.4) is 0 Å². The Hall–Kier alpha value is -2.44. The molecule has 0 saturated heterocycles. The molecule has 0 saturated carbocycles. The summed E-state index contributed by atoms with van der Waals surface area (Å²) < 4.78 is 1.71. The fourth-order valence-electron chi connectivity index (χ4n) is 1.59. The van der Waals surface area contributed by atoms with Crippen LogP contribution in [0, 0.1) is 0 Å². The first-order chi connectivity index (χ1) is 8.59. The lowest BCUT2D eigenvalue weighted by molar-refractivity contribution is 0.0929. The molecule has 7 heteroatoms. The first kappa shape index (κ1) is 12.0. The van der Waals surface area contributed by atoms with E-state index in [2.05, 4.69) is 20.5 Å². The molecule has 0 fully saturated rings. The number of pyridine rings is 1. The van der Waals surface area contributed by atoms with Crippen molar-refractivity contribution in [2.45, 2.75) is 13.0 Å². The minimum atomic E-state index is -0.455. The minimum Gasteiger partial charge on any atom is -0.505 e. The Bertz CT molecular complexity index is 566. The zero-order chi connectivity index (χ0) is 13.1. The molecular formula is C11H13N5O2. The van der Waals surface area contributed by atoms with E-state index in [-0.39, 0.29) is 17.5 Å². The van der Waals surface area contributed by atoms with Crippen molar-refractivity contribution in [1.82, 2.24) is 25.1 Å². The summed E-state index contributed by atoms with van der Waals surface area (Å²) in [5, 5.41) is 19.9. The lowest BCUT2D eigenvalue weighted by Gasteiger charge is -2.12. The summed E-state index contributed by atoms with van der Waals surface area (Å²) in [7, 11) is 1.79. The monoisotopic (exact) mass is 247 g/mol. The third-order valence-corrected chi connectivity index (χ3v) is 2.48. The van der Waals surface area contributed by atoms with Crippen molar-refractivity contribution in [3.8, 4) is 5.75 Å². The van der Waals surface area contributed by atoms with Gasteiger partial charge in [-0.1, -0.05) is 0 Å². The van der Waals surface area contributed by atoms with Gasteiger partial charge in [0.25, 0.3) is 5.91 Å². The third kappa shape index (κ3) is 2.29. The topological polar surface area (TPSA) is 92.9 Å². The number of hydrogen-bond acceptors (Lipinski definition) is 5. The molecule has 2 aromatic rings. The van der Waals surface area contributed by atoms with Crippen molar-refractivity contribution >= 4 is 5.91 Å². The lowest BCUT2D eigenvalue weighted by Crippen LogP contribution is -2.29. The van der Waals surface area contributed by atoms with E-state index in [4.69, 9.17) is 0 Å². The van der Waals surface area contributed by atoms with Gasteiger partial charge in [0.2, 0.25) is 0 Å². The Morgan fingerprint density at radius 2 is 2.33 bits per heavy atom. The highest BCUT2D eigenvalue weighted by molar-refractivity contribution is 5.94. The maximum absolute atomic E-state index is 11.9. The molecule has 1 amide bonds. The highest BCUT2D eigenvalue weighted by Gasteiger charge is 2.18. The molecular weight excluding hydrogens is 234 g/mol. The number of aryl methyl sites for hydroxylation is 1. The first-order valence-corrected chi connectivity index (χ1v) is 5.38. The summed E-state index contributed by atoms with van der Waals surface area (Å²) in [6.45, 7) is 1.78. The van der Waals surface area contributed by atoms with Crippen LogP contribution in [0.15, 0.2) is 24.7 Å². The van der Waals surface area contributed by atoms with Gasteiger partial charge < -0.3 is 15.0 Å². The molecule has 0 spiro atoms. The number of aromatic hydroxyl groups is 1. The van der Waals surface area contributed by atoms with Gasteiger partial charge in [-0.05, 0) is 19.1 Å². The van der Waals surface area contributed by atoms with Crippen LogP contribution in [0.2, 0.25) is 0 Å². The molecule has 0 radical (unpaired) electrons. The summed E-state index contributed by atoms with van der Waals surface area (Å²) in [5.41, 5.74) is -0.00785. The summed E-state index contributed by atoms with van der Waals surface area (Å²) in [5.74, 6) is 0.0162. The van der Waals surface area contributed by atoms with Crippen LogP contribution in [-0.4, -0.2) is 30.8 Å². The summed E-state index contributed by atoms with van der Waals surface area (Å²) in [4.78, 5) is 15.7. The molecule has 0 aliphatic heterocycles. The van der Waals surface area contributed by atoms with Crippen LogP contribution < -0.4 is 5.32 Å². The van der Waals surface area contributed by atoms with E-state index in [9.17, 15) is 9.90 Å². The van der Waals surface area contributed by atoms with Crippen LogP contribution in [0.1, 0.15) is 29.3 Å². The Balaban J connectivity index is 2.13. The fraction of sp³-hybridized carbons (Fsp3) is 0.273. The van der Waals surface area contributed by atoms with Gasteiger partial charge in [-0.3, -0.25) is 4.79 Å². The van der Waals surface area contributed by atoms with Gasteiger partial charge >= 0.3 is 0 Å². The second-order valence-electron chi connectivity index (χ2n) is 3.87. The van der Waals surface area contributed by atoms with Crippen LogP contribution in [0.4, 0.5) is 0 Å². The normalized spacial score (nSPS) is 12.1. The van der Waals surface area contributed by atoms with Gasteiger partial charge in [-0.2, -0.15) is 0 Å². The smallest absolute Gasteiger partial charge is 0.274 e. The van der Waals surface area contributed by atoms with E-state index in [1.54, 1.807) is 30.9 Å². The maximum atomic E-state index is 11.9. The van der Waals surface area contributed by atoms with Crippen molar-refractivity contribution in [1.29, 1.82) is 0 Å². The largest absolute Gasteiger partial charge is 0.505 e. The van der Waals surface area contributed by atoms with Crippen molar-refractivity contribution in [2.24, 2.45) is 7.05 Å². The van der Waals surface area contributed by atoms with Crippen molar-refractivity contribution in [3.05, 3.63) is 36.2 Å². The highest BCUT2D eigenvalue weighted by Crippen LogP contribution is 2.14. The molecule has 18 heavy (non-hydrogen) atoms. The molecule has 94 valence electrons. The lowest BCUT2D eigenvalue weighted by atomic mass is 10.2. The van der Waals surface area contributed by atoms with Crippen molar-refractivity contribution < 1.29 is 9.90 Å². The molecule has 2 rings (SSSR count).